The molecule has 8 heteroatoms. The van der Waals surface area contributed by atoms with Crippen molar-refractivity contribution >= 4 is 9.84 Å². The van der Waals surface area contributed by atoms with Crippen LogP contribution in [0, 0.1) is 11.6 Å². The molecule has 5 nitrogen and oxygen atoms in total. The van der Waals surface area contributed by atoms with E-state index in [-0.39, 0.29) is 10.7 Å². The number of fused-ring (bicyclic) bond motifs is 1. The molecule has 118 valence electrons. The third-order valence-electron chi connectivity index (χ3n) is 3.71. The quantitative estimate of drug-likeness (QED) is 0.867. The fraction of sp³-hybridized carbons (Fsp3) is 0.429. The summed E-state index contributed by atoms with van der Waals surface area (Å²) in [5.41, 5.74) is -0.0765. The lowest BCUT2D eigenvalue weighted by Crippen LogP contribution is -2.15. The number of hydrogen-bond acceptors (Lipinski definition) is 4. The molecule has 0 saturated heterocycles. The van der Waals surface area contributed by atoms with Crippen molar-refractivity contribution in [1.29, 1.82) is 0 Å². The second-order valence-corrected chi connectivity index (χ2v) is 7.24. The van der Waals surface area contributed by atoms with E-state index in [1.807, 2.05) is 0 Å². The van der Waals surface area contributed by atoms with Gasteiger partial charge in [0, 0.05) is 24.6 Å². The van der Waals surface area contributed by atoms with Crippen LogP contribution in [0.3, 0.4) is 0 Å². The van der Waals surface area contributed by atoms with Crippen LogP contribution in [0.1, 0.15) is 30.7 Å². The van der Waals surface area contributed by atoms with Crippen molar-refractivity contribution in [3.8, 4) is 0 Å². The molecular formula is C14H15F2N3O2S. The summed E-state index contributed by atoms with van der Waals surface area (Å²) in [6, 6.07) is 2.86. The van der Waals surface area contributed by atoms with Crippen molar-refractivity contribution in [3.63, 3.8) is 0 Å². The van der Waals surface area contributed by atoms with Crippen molar-refractivity contribution < 1.29 is 17.2 Å². The van der Waals surface area contributed by atoms with Gasteiger partial charge in [-0.3, -0.25) is 0 Å². The van der Waals surface area contributed by atoms with Crippen LogP contribution in [0.25, 0.3) is 0 Å². The molecule has 0 atom stereocenters. The summed E-state index contributed by atoms with van der Waals surface area (Å²) in [4.78, 5) is 0. The van der Waals surface area contributed by atoms with E-state index in [0.29, 0.717) is 24.9 Å². The highest BCUT2D eigenvalue weighted by Crippen LogP contribution is 2.21. The number of aryl methyl sites for hydroxylation is 1. The fourth-order valence-electron chi connectivity index (χ4n) is 2.60. The van der Waals surface area contributed by atoms with Crippen LogP contribution < -0.4 is 0 Å². The normalized spacial score (nSPS) is 15.4. The van der Waals surface area contributed by atoms with E-state index < -0.39 is 27.2 Å². The summed E-state index contributed by atoms with van der Waals surface area (Å²) in [6.45, 7) is 0.544. The SMILES string of the molecule is O=S(=O)(Cc1ccc(F)cc1F)c1nnc2n1CCCCC2. The number of halogens is 2. The third-order valence-corrected chi connectivity index (χ3v) is 5.26. The van der Waals surface area contributed by atoms with Crippen molar-refractivity contribution in [3.05, 3.63) is 41.2 Å². The summed E-state index contributed by atoms with van der Waals surface area (Å²) in [6.07, 6.45) is 3.51. The van der Waals surface area contributed by atoms with Crippen LogP contribution in [0.5, 0.6) is 0 Å². The Morgan fingerprint density at radius 1 is 1.14 bits per heavy atom. The van der Waals surface area contributed by atoms with Crippen LogP contribution in [0.15, 0.2) is 23.4 Å². The van der Waals surface area contributed by atoms with Gasteiger partial charge in [-0.15, -0.1) is 10.2 Å². The molecule has 0 unspecified atom stereocenters. The van der Waals surface area contributed by atoms with Crippen LogP contribution in [-0.2, 0) is 28.6 Å². The van der Waals surface area contributed by atoms with Crippen molar-refractivity contribution in [2.75, 3.05) is 0 Å². The Labute approximate surface area is 126 Å². The molecule has 1 aliphatic heterocycles. The van der Waals surface area contributed by atoms with Gasteiger partial charge in [0.2, 0.25) is 15.0 Å². The lowest BCUT2D eigenvalue weighted by atomic mass is 10.2. The van der Waals surface area contributed by atoms with E-state index >= 15 is 0 Å². The monoisotopic (exact) mass is 327 g/mol. The molecule has 1 aromatic carbocycles. The van der Waals surface area contributed by atoms with E-state index in [9.17, 15) is 17.2 Å². The molecule has 0 fully saturated rings. The maximum Gasteiger partial charge on any atom is 0.250 e. The average Bonchev–Trinajstić information content (AvgIpc) is 2.73. The standard InChI is InChI=1S/C14H15F2N3O2S/c15-11-6-5-10(12(16)8-11)9-22(20,21)14-18-17-13-4-2-1-3-7-19(13)14/h5-6,8H,1-4,7,9H2. The first-order valence-electron chi connectivity index (χ1n) is 7.06. The number of nitrogens with zero attached hydrogens (tertiary/aromatic N) is 3. The number of hydrogen-bond donors (Lipinski definition) is 0. The maximum atomic E-state index is 13.7. The highest BCUT2D eigenvalue weighted by Gasteiger charge is 2.27. The first kappa shape index (κ1) is 15.1. The second kappa shape index (κ2) is 5.75. The van der Waals surface area contributed by atoms with Crippen molar-refractivity contribution in [1.82, 2.24) is 14.8 Å². The molecule has 1 aromatic heterocycles. The molecule has 0 bridgehead atoms. The Balaban J connectivity index is 1.95. The number of rotatable bonds is 3. The number of benzene rings is 1. The minimum atomic E-state index is -3.84. The van der Waals surface area contributed by atoms with Gasteiger partial charge in [-0.1, -0.05) is 12.5 Å². The first-order valence-corrected chi connectivity index (χ1v) is 8.71. The lowest BCUT2D eigenvalue weighted by Gasteiger charge is -2.08. The van der Waals surface area contributed by atoms with Gasteiger partial charge in [0.25, 0.3) is 0 Å². The zero-order valence-electron chi connectivity index (χ0n) is 11.8. The van der Waals surface area contributed by atoms with Crippen molar-refractivity contribution in [2.24, 2.45) is 0 Å². The van der Waals surface area contributed by atoms with Gasteiger partial charge in [0.1, 0.15) is 17.5 Å². The minimum Gasteiger partial charge on any atom is -0.302 e. The Morgan fingerprint density at radius 3 is 2.73 bits per heavy atom. The van der Waals surface area contributed by atoms with E-state index in [1.54, 1.807) is 4.57 Å². The Kier molecular flexibility index (Phi) is 3.94. The van der Waals surface area contributed by atoms with Gasteiger partial charge in [0.05, 0.1) is 5.75 Å². The molecule has 0 amide bonds. The van der Waals surface area contributed by atoms with Crippen LogP contribution >= 0.6 is 0 Å². The number of aromatic nitrogens is 3. The molecule has 0 N–H and O–H groups in total. The van der Waals surface area contributed by atoms with E-state index in [0.717, 1.165) is 31.4 Å². The average molecular weight is 327 g/mol. The van der Waals surface area contributed by atoms with Crippen LogP contribution in [0.2, 0.25) is 0 Å². The topological polar surface area (TPSA) is 64.8 Å². The zero-order valence-corrected chi connectivity index (χ0v) is 12.6. The molecule has 3 rings (SSSR count). The Bertz CT molecular complexity index is 802. The van der Waals surface area contributed by atoms with Gasteiger partial charge in [-0.05, 0) is 18.9 Å². The summed E-state index contributed by atoms with van der Waals surface area (Å²) < 4.78 is 53.2. The van der Waals surface area contributed by atoms with Crippen LogP contribution in [-0.4, -0.2) is 23.2 Å². The van der Waals surface area contributed by atoms with Crippen LogP contribution in [0.4, 0.5) is 8.78 Å². The van der Waals surface area contributed by atoms with Gasteiger partial charge >= 0.3 is 0 Å². The largest absolute Gasteiger partial charge is 0.302 e. The molecule has 0 radical (unpaired) electrons. The van der Waals surface area contributed by atoms with E-state index in [2.05, 4.69) is 10.2 Å². The Morgan fingerprint density at radius 2 is 1.95 bits per heavy atom. The minimum absolute atomic E-state index is 0.0765. The molecule has 0 aliphatic carbocycles. The van der Waals surface area contributed by atoms with E-state index in [1.165, 1.54) is 0 Å². The predicted molar refractivity (Wildman–Crippen MR) is 74.8 cm³/mol. The highest BCUT2D eigenvalue weighted by atomic mass is 32.2. The highest BCUT2D eigenvalue weighted by molar-refractivity contribution is 7.90. The molecule has 2 heterocycles. The summed E-state index contributed by atoms with van der Waals surface area (Å²) in [5.74, 6) is -1.53. The molecule has 22 heavy (non-hydrogen) atoms. The molecule has 2 aromatic rings. The maximum absolute atomic E-state index is 13.7. The Hall–Kier alpha value is -1.83. The fourth-order valence-corrected chi connectivity index (χ4v) is 4.07. The predicted octanol–water partition coefficient (Wildman–Crippen LogP) is 2.26. The van der Waals surface area contributed by atoms with E-state index in [4.69, 9.17) is 0 Å². The summed E-state index contributed by atoms with van der Waals surface area (Å²) in [5, 5.41) is 7.59. The summed E-state index contributed by atoms with van der Waals surface area (Å²) >= 11 is 0. The molecule has 0 spiro atoms. The van der Waals surface area contributed by atoms with Gasteiger partial charge in [0.15, 0.2) is 0 Å². The van der Waals surface area contributed by atoms with Gasteiger partial charge in [-0.25, -0.2) is 17.2 Å². The number of sulfone groups is 1. The lowest BCUT2D eigenvalue weighted by molar-refractivity contribution is 0.542. The molecular weight excluding hydrogens is 312 g/mol. The van der Waals surface area contributed by atoms with Gasteiger partial charge in [-0.2, -0.15) is 0 Å². The second-order valence-electron chi connectivity index (χ2n) is 5.36. The summed E-state index contributed by atoms with van der Waals surface area (Å²) in [7, 11) is -3.84. The molecule has 1 aliphatic rings. The smallest absolute Gasteiger partial charge is 0.250 e. The third kappa shape index (κ3) is 2.87. The van der Waals surface area contributed by atoms with Gasteiger partial charge < -0.3 is 4.57 Å². The molecule has 0 saturated carbocycles. The first-order chi connectivity index (χ1) is 10.5. The zero-order chi connectivity index (χ0) is 15.7. The van der Waals surface area contributed by atoms with Crippen molar-refractivity contribution in [2.45, 2.75) is 43.1 Å².